The second kappa shape index (κ2) is 5.23. The summed E-state index contributed by atoms with van der Waals surface area (Å²) in [5, 5.41) is 10.6. The molecule has 0 bridgehead atoms. The Kier molecular flexibility index (Phi) is 3.38. The lowest BCUT2D eigenvalue weighted by Gasteiger charge is -2.31. The van der Waals surface area contributed by atoms with Crippen molar-refractivity contribution in [2.75, 3.05) is 7.05 Å². The highest BCUT2D eigenvalue weighted by molar-refractivity contribution is 5.92. The minimum Gasteiger partial charge on any atom is -0.367 e. The number of fused-ring (bicyclic) bond motifs is 1. The zero-order valence-corrected chi connectivity index (χ0v) is 11.9. The Balaban J connectivity index is 2.27. The van der Waals surface area contributed by atoms with Gasteiger partial charge in [-0.3, -0.25) is 15.2 Å². The number of carbonyl (C=O) groups excluding carboxylic acids is 1. The predicted octanol–water partition coefficient (Wildman–Crippen LogP) is 1.65. The first-order valence-electron chi connectivity index (χ1n) is 6.76. The molecule has 6 heteroatoms. The number of likely N-dealkylation sites (N-methyl/N-ethyl adjacent to an activating group) is 1. The van der Waals surface area contributed by atoms with Crippen molar-refractivity contribution < 1.29 is 9.18 Å². The molecule has 2 aromatic carbocycles. The average Bonchev–Trinajstić information content (AvgIpc) is 2.96. The fourth-order valence-electron chi connectivity index (χ4n) is 2.76. The number of primary amides is 1. The summed E-state index contributed by atoms with van der Waals surface area (Å²) in [4.78, 5) is 12.3. The third-order valence-electron chi connectivity index (χ3n) is 3.88. The van der Waals surface area contributed by atoms with Gasteiger partial charge in [0.15, 0.2) is 0 Å². The summed E-state index contributed by atoms with van der Waals surface area (Å²) in [6.07, 6.45) is 1.66. The van der Waals surface area contributed by atoms with Gasteiger partial charge in [-0.15, -0.1) is 0 Å². The van der Waals surface area contributed by atoms with Crippen LogP contribution in [0.5, 0.6) is 0 Å². The number of hydrogen-bond donors (Lipinski definition) is 3. The molecule has 4 N–H and O–H groups in total. The van der Waals surface area contributed by atoms with E-state index in [-0.39, 0.29) is 0 Å². The van der Waals surface area contributed by atoms with Crippen LogP contribution in [0.4, 0.5) is 4.39 Å². The summed E-state index contributed by atoms with van der Waals surface area (Å²) in [6.45, 7) is 0. The van der Waals surface area contributed by atoms with E-state index in [4.69, 9.17) is 5.73 Å². The van der Waals surface area contributed by atoms with Crippen LogP contribution < -0.4 is 11.1 Å². The molecule has 22 heavy (non-hydrogen) atoms. The van der Waals surface area contributed by atoms with Gasteiger partial charge < -0.3 is 5.73 Å². The van der Waals surface area contributed by atoms with Crippen molar-refractivity contribution in [2.45, 2.75) is 5.54 Å². The molecule has 1 amide bonds. The molecule has 0 aliphatic carbocycles. The van der Waals surface area contributed by atoms with Gasteiger partial charge in [0.1, 0.15) is 11.4 Å². The Morgan fingerprint density at radius 1 is 1.27 bits per heavy atom. The number of aromatic amines is 1. The monoisotopic (exact) mass is 298 g/mol. The first kappa shape index (κ1) is 14.2. The highest BCUT2D eigenvalue weighted by Crippen LogP contribution is 2.31. The van der Waals surface area contributed by atoms with Gasteiger partial charge in [-0.2, -0.15) is 5.10 Å². The molecule has 0 aliphatic heterocycles. The molecule has 0 radical (unpaired) electrons. The predicted molar refractivity (Wildman–Crippen MR) is 81.5 cm³/mol. The maximum atomic E-state index is 13.6. The van der Waals surface area contributed by atoms with E-state index >= 15 is 0 Å². The normalized spacial score (nSPS) is 13.9. The molecule has 112 valence electrons. The summed E-state index contributed by atoms with van der Waals surface area (Å²) in [5.41, 5.74) is 6.28. The van der Waals surface area contributed by atoms with E-state index in [9.17, 15) is 9.18 Å². The molecule has 3 rings (SSSR count). The maximum Gasteiger partial charge on any atom is 0.247 e. The summed E-state index contributed by atoms with van der Waals surface area (Å²) in [7, 11) is 1.62. The molecule has 1 unspecified atom stereocenters. The van der Waals surface area contributed by atoms with Crippen LogP contribution in [0.1, 0.15) is 11.1 Å². The van der Waals surface area contributed by atoms with Gasteiger partial charge in [0.25, 0.3) is 0 Å². The van der Waals surface area contributed by atoms with Gasteiger partial charge in [-0.25, -0.2) is 4.39 Å². The molecule has 0 saturated carbocycles. The number of rotatable bonds is 4. The van der Waals surface area contributed by atoms with E-state index in [1.165, 1.54) is 12.1 Å². The molecular weight excluding hydrogens is 283 g/mol. The molecule has 1 aromatic heterocycles. The lowest BCUT2D eigenvalue weighted by Crippen LogP contribution is -2.52. The Bertz CT molecular complexity index is 845. The second-order valence-corrected chi connectivity index (χ2v) is 5.05. The average molecular weight is 298 g/mol. The van der Waals surface area contributed by atoms with Gasteiger partial charge in [0.2, 0.25) is 5.91 Å². The van der Waals surface area contributed by atoms with E-state index in [1.54, 1.807) is 31.4 Å². The van der Waals surface area contributed by atoms with Crippen LogP contribution in [0.25, 0.3) is 10.9 Å². The number of aromatic nitrogens is 2. The minimum atomic E-state index is -1.31. The molecule has 3 aromatic rings. The molecule has 0 aliphatic rings. The fraction of sp³-hybridized carbons (Fsp3) is 0.125. The van der Waals surface area contributed by atoms with Gasteiger partial charge in [0.05, 0.1) is 11.7 Å². The van der Waals surface area contributed by atoms with Gasteiger partial charge in [-0.1, -0.05) is 18.2 Å². The number of H-pyrrole nitrogens is 1. The number of benzene rings is 2. The minimum absolute atomic E-state index is 0.428. The van der Waals surface area contributed by atoms with Crippen molar-refractivity contribution in [3.63, 3.8) is 0 Å². The summed E-state index contributed by atoms with van der Waals surface area (Å²) in [6, 6.07) is 11.2. The Morgan fingerprint density at radius 3 is 2.73 bits per heavy atom. The van der Waals surface area contributed by atoms with Crippen LogP contribution in [0, 0.1) is 5.82 Å². The van der Waals surface area contributed by atoms with Crippen molar-refractivity contribution in [1.29, 1.82) is 0 Å². The number of nitrogens with two attached hydrogens (primary N) is 1. The molecule has 5 nitrogen and oxygen atoms in total. The van der Waals surface area contributed by atoms with Crippen LogP contribution in [-0.4, -0.2) is 23.2 Å². The zero-order chi connectivity index (χ0) is 15.7. The lowest BCUT2D eigenvalue weighted by atomic mass is 9.81. The molecule has 1 heterocycles. The fourth-order valence-corrected chi connectivity index (χ4v) is 2.76. The summed E-state index contributed by atoms with van der Waals surface area (Å²) < 4.78 is 13.6. The van der Waals surface area contributed by atoms with Crippen LogP contribution in [-0.2, 0) is 10.3 Å². The van der Waals surface area contributed by atoms with Crippen LogP contribution >= 0.6 is 0 Å². The summed E-state index contributed by atoms with van der Waals surface area (Å²) >= 11 is 0. The van der Waals surface area contributed by atoms with Gasteiger partial charge >= 0.3 is 0 Å². The first-order valence-corrected chi connectivity index (χ1v) is 6.76. The highest BCUT2D eigenvalue weighted by Gasteiger charge is 2.39. The van der Waals surface area contributed by atoms with E-state index < -0.39 is 17.3 Å². The van der Waals surface area contributed by atoms with Crippen LogP contribution in [0.15, 0.2) is 48.7 Å². The van der Waals surface area contributed by atoms with Gasteiger partial charge in [-0.05, 0) is 42.4 Å². The van der Waals surface area contributed by atoms with Crippen molar-refractivity contribution in [3.05, 3.63) is 65.6 Å². The quantitative estimate of drug-likeness (QED) is 0.685. The summed E-state index contributed by atoms with van der Waals surface area (Å²) in [5.74, 6) is -1.04. The third-order valence-corrected chi connectivity index (χ3v) is 3.88. The standard InChI is InChI=1S/C16H15FN4O/c1-19-16(15(18)22,11-3-2-4-13(17)8-11)12-5-6-14-10(7-12)9-20-21-14/h2-9,19H,1H3,(H2,18,22)(H,20,21). The van der Waals surface area contributed by atoms with E-state index in [1.807, 2.05) is 12.1 Å². The molecule has 0 fully saturated rings. The molecule has 1 atom stereocenters. The van der Waals surface area contributed by atoms with Gasteiger partial charge in [0, 0.05) is 5.39 Å². The molecule has 0 saturated heterocycles. The van der Waals surface area contributed by atoms with Crippen LogP contribution in [0.2, 0.25) is 0 Å². The highest BCUT2D eigenvalue weighted by atomic mass is 19.1. The molecular formula is C16H15FN4O. The number of halogens is 1. The van der Waals surface area contributed by atoms with Crippen molar-refractivity contribution in [1.82, 2.24) is 15.5 Å². The van der Waals surface area contributed by atoms with Crippen molar-refractivity contribution in [3.8, 4) is 0 Å². The van der Waals surface area contributed by atoms with Crippen molar-refractivity contribution in [2.24, 2.45) is 5.73 Å². The van der Waals surface area contributed by atoms with E-state index in [0.29, 0.717) is 11.1 Å². The number of amides is 1. The van der Waals surface area contributed by atoms with E-state index in [2.05, 4.69) is 15.5 Å². The lowest BCUT2D eigenvalue weighted by molar-refractivity contribution is -0.123. The maximum absolute atomic E-state index is 13.6. The topological polar surface area (TPSA) is 83.8 Å². The Labute approximate surface area is 126 Å². The smallest absolute Gasteiger partial charge is 0.247 e. The Morgan fingerprint density at radius 2 is 2.05 bits per heavy atom. The zero-order valence-electron chi connectivity index (χ0n) is 11.9. The Hall–Kier alpha value is -2.73. The van der Waals surface area contributed by atoms with Crippen molar-refractivity contribution >= 4 is 16.8 Å². The number of hydrogen-bond acceptors (Lipinski definition) is 3. The first-order chi connectivity index (χ1) is 10.6. The number of nitrogens with zero attached hydrogens (tertiary/aromatic N) is 1. The molecule has 0 spiro atoms. The largest absolute Gasteiger partial charge is 0.367 e. The number of nitrogens with one attached hydrogen (secondary N) is 2. The van der Waals surface area contributed by atoms with Crippen LogP contribution in [0.3, 0.4) is 0 Å². The SMILES string of the molecule is CNC(C(N)=O)(c1cccc(F)c1)c1ccc2[nH]ncc2c1. The number of carbonyl (C=O) groups is 1. The second-order valence-electron chi connectivity index (χ2n) is 5.05. The third kappa shape index (κ3) is 2.05. The van der Waals surface area contributed by atoms with E-state index in [0.717, 1.165) is 10.9 Å².